The molecular weight excluding hydrogens is 466 g/mol. The number of pyridine rings is 1. The molecule has 1 heterocycles. The molecule has 0 atom stereocenters. The first-order valence-electron chi connectivity index (χ1n) is 12.2. The van der Waals surface area contributed by atoms with Gasteiger partial charge in [-0.3, -0.25) is 19.0 Å². The number of hydrogen-bond donors (Lipinski definition) is 0. The number of rotatable bonds is 7. The third-order valence-corrected chi connectivity index (χ3v) is 6.74. The lowest BCUT2D eigenvalue weighted by Gasteiger charge is -2.24. The van der Waals surface area contributed by atoms with Crippen molar-refractivity contribution < 1.29 is 19.1 Å². The van der Waals surface area contributed by atoms with Gasteiger partial charge >= 0.3 is 11.9 Å². The van der Waals surface area contributed by atoms with Crippen molar-refractivity contribution >= 4 is 11.9 Å². The highest BCUT2D eigenvalue weighted by atomic mass is 16.6. The van der Waals surface area contributed by atoms with Crippen molar-refractivity contribution in [3.63, 3.8) is 0 Å². The fraction of sp³-hybridized carbons (Fsp3) is 0.194. The topological polar surface area (TPSA) is 74.6 Å². The summed E-state index contributed by atoms with van der Waals surface area (Å²) in [7, 11) is 0. The number of carbonyl (C=O) groups excluding carboxylic acids is 2. The molecule has 6 nitrogen and oxygen atoms in total. The summed E-state index contributed by atoms with van der Waals surface area (Å²) in [6.07, 6.45) is 1.86. The first-order chi connectivity index (χ1) is 17.9. The maximum absolute atomic E-state index is 13.5. The third-order valence-electron chi connectivity index (χ3n) is 6.74. The molecule has 0 bridgehead atoms. The van der Waals surface area contributed by atoms with Crippen LogP contribution in [-0.2, 0) is 45.1 Å². The Kier molecular flexibility index (Phi) is 6.73. The summed E-state index contributed by atoms with van der Waals surface area (Å²) in [5.74, 6) is -1.31. The van der Waals surface area contributed by atoms with Gasteiger partial charge in [0.15, 0.2) is 5.41 Å². The molecular formula is C31H27NO5. The lowest BCUT2D eigenvalue weighted by molar-refractivity contribution is -0.173. The summed E-state index contributed by atoms with van der Waals surface area (Å²) in [4.78, 5) is 40.0. The highest BCUT2D eigenvalue weighted by Crippen LogP contribution is 2.39. The zero-order chi connectivity index (χ0) is 25.8. The van der Waals surface area contributed by atoms with Gasteiger partial charge in [0.25, 0.3) is 5.56 Å². The first kappa shape index (κ1) is 24.3. The van der Waals surface area contributed by atoms with Gasteiger partial charge in [-0.2, -0.15) is 0 Å². The smallest absolute Gasteiger partial charge is 0.324 e. The molecule has 0 spiro atoms. The molecule has 6 heteroatoms. The molecule has 37 heavy (non-hydrogen) atoms. The van der Waals surface area contributed by atoms with Gasteiger partial charge < -0.3 is 9.47 Å². The molecule has 5 rings (SSSR count). The van der Waals surface area contributed by atoms with Gasteiger partial charge in [-0.25, -0.2) is 0 Å². The maximum Gasteiger partial charge on any atom is 0.324 e. The van der Waals surface area contributed by atoms with E-state index in [9.17, 15) is 14.4 Å². The third kappa shape index (κ3) is 5.09. The Balaban J connectivity index is 1.44. The summed E-state index contributed by atoms with van der Waals surface area (Å²) in [5.41, 5.74) is 3.04. The van der Waals surface area contributed by atoms with E-state index in [1.807, 2.05) is 91.9 Å². The van der Waals surface area contributed by atoms with E-state index in [0.29, 0.717) is 11.3 Å². The molecule has 0 radical (unpaired) electrons. The van der Waals surface area contributed by atoms with Crippen molar-refractivity contribution in [2.75, 3.05) is 0 Å². The zero-order valence-electron chi connectivity index (χ0n) is 20.6. The van der Waals surface area contributed by atoms with Crippen molar-refractivity contribution in [3.05, 3.63) is 135 Å². The number of fused-ring (bicyclic) bond motifs is 1. The lowest BCUT2D eigenvalue weighted by atomic mass is 9.84. The Morgan fingerprint density at radius 1 is 0.757 bits per heavy atom. The van der Waals surface area contributed by atoms with Crippen molar-refractivity contribution in [1.29, 1.82) is 0 Å². The predicted molar refractivity (Wildman–Crippen MR) is 139 cm³/mol. The van der Waals surface area contributed by atoms with Crippen molar-refractivity contribution in [2.24, 2.45) is 5.41 Å². The Bertz CT molecular complexity index is 1420. The molecule has 0 amide bonds. The molecule has 1 aliphatic carbocycles. The van der Waals surface area contributed by atoms with Gasteiger partial charge in [0.2, 0.25) is 0 Å². The Morgan fingerprint density at radius 3 is 1.81 bits per heavy atom. The van der Waals surface area contributed by atoms with E-state index >= 15 is 0 Å². The maximum atomic E-state index is 13.5. The fourth-order valence-electron chi connectivity index (χ4n) is 4.65. The quantitative estimate of drug-likeness (QED) is 0.275. The average molecular weight is 494 g/mol. The van der Waals surface area contributed by atoms with Crippen LogP contribution in [0.1, 0.15) is 27.8 Å². The zero-order valence-corrected chi connectivity index (χ0v) is 20.6. The molecule has 4 aromatic rings. The van der Waals surface area contributed by atoms with Crippen LogP contribution in [0.25, 0.3) is 5.69 Å². The number of nitrogens with zero attached hydrogens (tertiary/aromatic N) is 1. The molecule has 0 saturated heterocycles. The second kappa shape index (κ2) is 10.3. The number of aromatic nitrogens is 1. The van der Waals surface area contributed by atoms with E-state index in [2.05, 4.69) is 0 Å². The molecule has 0 N–H and O–H groups in total. The minimum atomic E-state index is -1.56. The van der Waals surface area contributed by atoms with E-state index in [1.54, 1.807) is 10.8 Å². The van der Waals surface area contributed by atoms with E-state index in [0.717, 1.165) is 22.3 Å². The van der Waals surface area contributed by atoms with E-state index in [1.165, 1.54) is 6.07 Å². The SMILES string of the molecule is Cc1ccc(-n2cc3c(cc2=O)CC(C(=O)OCc2ccccc2)(C(=O)OCc2ccccc2)C3)cc1. The monoisotopic (exact) mass is 493 g/mol. The first-order valence-corrected chi connectivity index (χ1v) is 12.2. The van der Waals surface area contributed by atoms with Crippen molar-refractivity contribution in [2.45, 2.75) is 33.0 Å². The van der Waals surface area contributed by atoms with Crippen LogP contribution < -0.4 is 5.56 Å². The van der Waals surface area contributed by atoms with Gasteiger partial charge in [0.1, 0.15) is 13.2 Å². The lowest BCUT2D eigenvalue weighted by Crippen LogP contribution is -2.42. The summed E-state index contributed by atoms with van der Waals surface area (Å²) < 4.78 is 12.8. The van der Waals surface area contributed by atoms with Crippen LogP contribution in [0.3, 0.4) is 0 Å². The summed E-state index contributed by atoms with van der Waals surface area (Å²) in [5, 5.41) is 0. The van der Waals surface area contributed by atoms with Crippen LogP contribution in [-0.4, -0.2) is 16.5 Å². The summed E-state index contributed by atoms with van der Waals surface area (Å²) in [6, 6.07) is 27.7. The summed E-state index contributed by atoms with van der Waals surface area (Å²) in [6.45, 7) is 2.06. The second-order valence-electron chi connectivity index (χ2n) is 9.43. The van der Waals surface area contributed by atoms with Crippen LogP contribution in [0.2, 0.25) is 0 Å². The van der Waals surface area contributed by atoms with Crippen LogP contribution in [0, 0.1) is 12.3 Å². The van der Waals surface area contributed by atoms with Gasteiger partial charge in [0, 0.05) is 30.8 Å². The standard InChI is InChI=1S/C31H27NO5/c1-22-12-14-27(15-13-22)32-19-26-18-31(17-25(26)16-28(32)33,29(34)36-20-23-8-4-2-5-9-23)30(35)37-21-24-10-6-3-7-11-24/h2-16,19H,17-18,20-21H2,1H3. The number of aryl methyl sites for hydroxylation is 1. The minimum absolute atomic E-state index is 0.0416. The summed E-state index contributed by atoms with van der Waals surface area (Å²) >= 11 is 0. The fourth-order valence-corrected chi connectivity index (χ4v) is 4.65. The van der Waals surface area contributed by atoms with Gasteiger partial charge in [-0.15, -0.1) is 0 Å². The van der Waals surface area contributed by atoms with Gasteiger partial charge in [-0.05, 0) is 41.3 Å². The minimum Gasteiger partial charge on any atom is -0.460 e. The van der Waals surface area contributed by atoms with E-state index < -0.39 is 17.4 Å². The predicted octanol–water partition coefficient (Wildman–Crippen LogP) is 4.72. The highest BCUT2D eigenvalue weighted by molar-refractivity contribution is 6.01. The van der Waals surface area contributed by atoms with Crippen molar-refractivity contribution in [1.82, 2.24) is 4.57 Å². The van der Waals surface area contributed by atoms with Crippen LogP contribution >= 0.6 is 0 Å². The number of benzene rings is 3. The normalized spacial score (nSPS) is 13.5. The number of carbonyl (C=O) groups is 2. The van der Waals surface area contributed by atoms with Crippen LogP contribution in [0.4, 0.5) is 0 Å². The van der Waals surface area contributed by atoms with Crippen LogP contribution in [0.15, 0.2) is 102 Å². The molecule has 186 valence electrons. The van der Waals surface area contributed by atoms with Crippen LogP contribution in [0.5, 0.6) is 0 Å². The van der Waals surface area contributed by atoms with E-state index in [-0.39, 0.29) is 31.6 Å². The number of hydrogen-bond acceptors (Lipinski definition) is 5. The Morgan fingerprint density at radius 2 is 1.27 bits per heavy atom. The average Bonchev–Trinajstić information content (AvgIpc) is 3.31. The van der Waals surface area contributed by atoms with E-state index in [4.69, 9.17) is 9.47 Å². The molecule has 3 aromatic carbocycles. The molecule has 1 aliphatic rings. The Labute approximate surface area is 215 Å². The molecule has 0 fully saturated rings. The molecule has 0 unspecified atom stereocenters. The highest BCUT2D eigenvalue weighted by Gasteiger charge is 2.53. The second-order valence-corrected chi connectivity index (χ2v) is 9.43. The Hall–Kier alpha value is -4.45. The van der Waals surface area contributed by atoms with Gasteiger partial charge in [-0.1, -0.05) is 78.4 Å². The number of esters is 2. The molecule has 1 aromatic heterocycles. The largest absolute Gasteiger partial charge is 0.460 e. The molecule has 0 aliphatic heterocycles. The van der Waals surface area contributed by atoms with Crippen molar-refractivity contribution in [3.8, 4) is 5.69 Å². The van der Waals surface area contributed by atoms with Gasteiger partial charge in [0.05, 0.1) is 0 Å². The molecule has 0 saturated carbocycles. The number of ether oxygens (including phenoxy) is 2.